The first-order valence-electron chi connectivity index (χ1n) is 12.2. The Kier molecular flexibility index (Phi) is 7.22. The molecule has 0 bridgehead atoms. The second kappa shape index (κ2) is 10.9. The van der Waals surface area contributed by atoms with Crippen molar-refractivity contribution >= 4 is 17.3 Å². The third kappa shape index (κ3) is 5.71. The van der Waals surface area contributed by atoms with Crippen LogP contribution in [0, 0.1) is 0 Å². The van der Waals surface area contributed by atoms with E-state index in [1.165, 1.54) is 5.56 Å². The average molecular weight is 485 g/mol. The molecule has 0 atom stereocenters. The van der Waals surface area contributed by atoms with Gasteiger partial charge in [-0.3, -0.25) is 9.58 Å². The van der Waals surface area contributed by atoms with Crippen molar-refractivity contribution < 1.29 is 5.11 Å². The minimum absolute atomic E-state index is 0.00332. The van der Waals surface area contributed by atoms with Gasteiger partial charge in [0, 0.05) is 67.6 Å². The maximum absolute atomic E-state index is 9.43. The molecular formula is C27H32N8O. The van der Waals surface area contributed by atoms with Crippen LogP contribution in [0.2, 0.25) is 0 Å². The number of nitrogens with zero attached hydrogens (tertiary/aromatic N) is 6. The van der Waals surface area contributed by atoms with Gasteiger partial charge in [0.25, 0.3) is 0 Å². The Labute approximate surface area is 211 Å². The van der Waals surface area contributed by atoms with Crippen LogP contribution < -0.4 is 11.1 Å². The summed E-state index contributed by atoms with van der Waals surface area (Å²) in [4.78, 5) is 14.1. The van der Waals surface area contributed by atoms with Crippen molar-refractivity contribution in [1.82, 2.24) is 29.5 Å². The zero-order chi connectivity index (χ0) is 24.9. The number of hydrogen-bond donors (Lipinski definition) is 3. The number of nitrogen functional groups attached to an aromatic ring is 1. The Balaban J connectivity index is 1.37. The Bertz CT molecular complexity index is 1300. The SMILES string of the molecule is CN1CCN(Cc2cccc(Nc3nccc(-c4cn(CCO)nc4-c4ccc(N)cc4)n3)c2)CC1. The van der Waals surface area contributed by atoms with Gasteiger partial charge in [-0.25, -0.2) is 9.97 Å². The summed E-state index contributed by atoms with van der Waals surface area (Å²) in [6, 6.07) is 17.9. The van der Waals surface area contributed by atoms with E-state index in [1.54, 1.807) is 10.9 Å². The van der Waals surface area contributed by atoms with Crippen molar-refractivity contribution in [2.75, 3.05) is 50.9 Å². The third-order valence-electron chi connectivity index (χ3n) is 6.39. The van der Waals surface area contributed by atoms with Crippen molar-refractivity contribution in [3.63, 3.8) is 0 Å². The molecule has 0 saturated carbocycles. The number of nitrogens with two attached hydrogens (primary N) is 1. The molecule has 9 nitrogen and oxygen atoms in total. The second-order valence-electron chi connectivity index (χ2n) is 9.17. The summed E-state index contributed by atoms with van der Waals surface area (Å²) >= 11 is 0. The molecular weight excluding hydrogens is 452 g/mol. The van der Waals surface area contributed by atoms with Crippen LogP contribution in [0.4, 0.5) is 17.3 Å². The summed E-state index contributed by atoms with van der Waals surface area (Å²) in [7, 11) is 2.17. The fraction of sp³-hybridized carbons (Fsp3) is 0.296. The minimum Gasteiger partial charge on any atom is -0.399 e. The van der Waals surface area contributed by atoms with Gasteiger partial charge in [0.1, 0.15) is 5.69 Å². The first-order valence-corrected chi connectivity index (χ1v) is 12.2. The Morgan fingerprint density at radius 1 is 1.03 bits per heavy atom. The Morgan fingerprint density at radius 3 is 2.61 bits per heavy atom. The van der Waals surface area contributed by atoms with Gasteiger partial charge >= 0.3 is 0 Å². The number of nitrogens with one attached hydrogen (secondary N) is 1. The van der Waals surface area contributed by atoms with Crippen molar-refractivity contribution in [1.29, 1.82) is 0 Å². The summed E-state index contributed by atoms with van der Waals surface area (Å²) in [5.41, 5.74) is 12.1. The van der Waals surface area contributed by atoms with E-state index in [0.717, 1.165) is 60.9 Å². The largest absolute Gasteiger partial charge is 0.399 e. The molecule has 0 aliphatic carbocycles. The molecule has 3 heterocycles. The quantitative estimate of drug-likeness (QED) is 0.328. The summed E-state index contributed by atoms with van der Waals surface area (Å²) < 4.78 is 1.73. The number of aliphatic hydroxyl groups is 1. The van der Waals surface area contributed by atoms with Crippen LogP contribution in [0.5, 0.6) is 0 Å². The van der Waals surface area contributed by atoms with E-state index in [2.05, 4.69) is 50.4 Å². The summed E-state index contributed by atoms with van der Waals surface area (Å²) in [6.07, 6.45) is 3.65. The number of benzene rings is 2. The van der Waals surface area contributed by atoms with E-state index in [-0.39, 0.29) is 6.61 Å². The fourth-order valence-corrected chi connectivity index (χ4v) is 4.39. The van der Waals surface area contributed by atoms with E-state index in [0.29, 0.717) is 18.2 Å². The highest BCUT2D eigenvalue weighted by atomic mass is 16.3. The van der Waals surface area contributed by atoms with Gasteiger partial charge in [0.2, 0.25) is 5.95 Å². The zero-order valence-electron chi connectivity index (χ0n) is 20.5. The van der Waals surface area contributed by atoms with Crippen LogP contribution in [0.15, 0.2) is 67.0 Å². The molecule has 1 saturated heterocycles. The van der Waals surface area contributed by atoms with Crippen molar-refractivity contribution in [3.05, 3.63) is 72.6 Å². The topological polar surface area (TPSA) is 108 Å². The van der Waals surface area contributed by atoms with E-state index in [1.807, 2.05) is 42.6 Å². The Hall–Kier alpha value is -3.79. The lowest BCUT2D eigenvalue weighted by Crippen LogP contribution is -2.43. The van der Waals surface area contributed by atoms with Gasteiger partial charge in [-0.1, -0.05) is 24.3 Å². The smallest absolute Gasteiger partial charge is 0.227 e. The van der Waals surface area contributed by atoms with Crippen LogP contribution in [0.3, 0.4) is 0 Å². The van der Waals surface area contributed by atoms with E-state index >= 15 is 0 Å². The first-order chi connectivity index (χ1) is 17.6. The average Bonchev–Trinajstić information content (AvgIpc) is 3.30. The molecule has 0 amide bonds. The lowest BCUT2D eigenvalue weighted by molar-refractivity contribution is 0.148. The molecule has 4 N–H and O–H groups in total. The van der Waals surface area contributed by atoms with Gasteiger partial charge in [-0.2, -0.15) is 5.10 Å². The maximum atomic E-state index is 9.43. The van der Waals surface area contributed by atoms with Gasteiger partial charge in [0.05, 0.1) is 18.8 Å². The van der Waals surface area contributed by atoms with Gasteiger partial charge in [0.15, 0.2) is 0 Å². The molecule has 186 valence electrons. The predicted octanol–water partition coefficient (Wildman–Crippen LogP) is 3.07. The molecule has 5 rings (SSSR count). The number of anilines is 3. The van der Waals surface area contributed by atoms with E-state index in [4.69, 9.17) is 10.7 Å². The molecule has 0 unspecified atom stereocenters. The van der Waals surface area contributed by atoms with Crippen molar-refractivity contribution in [2.24, 2.45) is 0 Å². The highest BCUT2D eigenvalue weighted by molar-refractivity contribution is 5.79. The predicted molar refractivity (Wildman–Crippen MR) is 143 cm³/mol. The highest BCUT2D eigenvalue weighted by Crippen LogP contribution is 2.31. The fourth-order valence-electron chi connectivity index (χ4n) is 4.39. The van der Waals surface area contributed by atoms with Crippen molar-refractivity contribution in [3.8, 4) is 22.5 Å². The molecule has 2 aromatic carbocycles. The Morgan fingerprint density at radius 2 is 1.83 bits per heavy atom. The summed E-state index contributed by atoms with van der Waals surface area (Å²) in [5, 5.41) is 17.5. The molecule has 0 radical (unpaired) electrons. The van der Waals surface area contributed by atoms with Crippen LogP contribution in [-0.2, 0) is 13.1 Å². The van der Waals surface area contributed by atoms with Gasteiger partial charge in [-0.15, -0.1) is 0 Å². The van der Waals surface area contributed by atoms with Crippen LogP contribution in [-0.4, -0.2) is 74.5 Å². The standard InChI is InChI=1S/C27H32N8O/c1-33-11-13-34(14-12-33)18-20-3-2-4-23(17-20)30-27-29-10-9-25(31-27)24-19-35(15-16-36)32-26(24)21-5-7-22(28)8-6-21/h2-10,17,19,36H,11-16,18,28H2,1H3,(H,29,30,31). The molecule has 2 aromatic heterocycles. The monoisotopic (exact) mass is 484 g/mol. The van der Waals surface area contributed by atoms with E-state index < -0.39 is 0 Å². The van der Waals surface area contributed by atoms with Gasteiger partial charge in [-0.05, 0) is 42.9 Å². The molecule has 0 spiro atoms. The molecule has 1 aliphatic rings. The molecule has 9 heteroatoms. The highest BCUT2D eigenvalue weighted by Gasteiger charge is 2.16. The minimum atomic E-state index is 0.00332. The maximum Gasteiger partial charge on any atom is 0.227 e. The van der Waals surface area contributed by atoms with E-state index in [9.17, 15) is 5.11 Å². The number of rotatable bonds is 8. The van der Waals surface area contributed by atoms with Crippen molar-refractivity contribution in [2.45, 2.75) is 13.1 Å². The molecule has 1 fully saturated rings. The normalized spacial score (nSPS) is 14.7. The third-order valence-corrected chi connectivity index (χ3v) is 6.39. The van der Waals surface area contributed by atoms with Gasteiger partial charge < -0.3 is 21.1 Å². The summed E-state index contributed by atoms with van der Waals surface area (Å²) in [6.45, 7) is 5.71. The van der Waals surface area contributed by atoms with Crippen LogP contribution in [0.25, 0.3) is 22.5 Å². The number of aromatic nitrogens is 4. The lowest BCUT2D eigenvalue weighted by Gasteiger charge is -2.32. The zero-order valence-corrected chi connectivity index (χ0v) is 20.5. The second-order valence-corrected chi connectivity index (χ2v) is 9.17. The molecule has 36 heavy (non-hydrogen) atoms. The number of piperazine rings is 1. The number of hydrogen-bond acceptors (Lipinski definition) is 8. The number of likely N-dealkylation sites (N-methyl/N-ethyl adjacent to an activating group) is 1. The molecule has 4 aromatic rings. The first kappa shape index (κ1) is 23.9. The van der Waals surface area contributed by atoms with Crippen LogP contribution in [0.1, 0.15) is 5.56 Å². The summed E-state index contributed by atoms with van der Waals surface area (Å²) in [5.74, 6) is 0.516. The van der Waals surface area contributed by atoms with Crippen LogP contribution >= 0.6 is 0 Å². The lowest BCUT2D eigenvalue weighted by atomic mass is 10.1. The number of aliphatic hydroxyl groups excluding tert-OH is 1. The molecule has 1 aliphatic heterocycles.